The van der Waals surface area contributed by atoms with E-state index in [0.29, 0.717) is 52.1 Å². The molecule has 5 atom stereocenters. The Hall–Kier alpha value is -11.7. The van der Waals surface area contributed by atoms with E-state index in [1.54, 1.807) is 24.3 Å². The molecule has 15 rings (SSSR count). The second-order valence-electron chi connectivity index (χ2n) is 34.1. The van der Waals surface area contributed by atoms with Crippen LogP contribution in [0.2, 0.25) is 0 Å². The molecule has 4 saturated heterocycles. The molecule has 3 amide bonds. The van der Waals surface area contributed by atoms with E-state index in [2.05, 4.69) is 10.6 Å². The van der Waals surface area contributed by atoms with E-state index < -0.39 is 225 Å². The normalized spacial score (nSPS) is 18.7. The molecule has 6 N–H and O–H groups in total. The van der Waals surface area contributed by atoms with E-state index in [-0.39, 0.29) is 92.6 Å². The molecule has 4 heterocycles. The lowest BCUT2D eigenvalue weighted by molar-refractivity contribution is -0.123. The number of aromatic carboxylic acids is 3. The maximum absolute atomic E-state index is 15.4. The lowest BCUT2D eigenvalue weighted by Crippen LogP contribution is -2.45. The first-order chi connectivity index (χ1) is 64.0. The molecule has 135 heavy (non-hydrogen) atoms. The number of aromatic hydroxyl groups is 1. The Bertz CT molecular complexity index is 6110. The first-order valence-electron chi connectivity index (χ1n) is 43.3. The van der Waals surface area contributed by atoms with E-state index >= 15 is 8.78 Å². The summed E-state index contributed by atoms with van der Waals surface area (Å²) in [6, 6.07) is 31.6. The summed E-state index contributed by atoms with van der Waals surface area (Å²) in [6.45, 7) is 1.88. The fraction of sp³-hybridized carbons (Fsp3) is 0.368. The molecule has 40 heteroatoms. The van der Waals surface area contributed by atoms with Crippen LogP contribution in [0.3, 0.4) is 0 Å². The molecule has 0 spiro atoms. The lowest BCUT2D eigenvalue weighted by Gasteiger charge is -2.29. The van der Waals surface area contributed by atoms with Gasteiger partial charge in [-0.05, 0) is 191 Å². The standard InChI is InChI=1S/C32H31F5N2O5S.C32H32F4N2O6S.C31H29F5N2O6S/c1-17-25(34)27(36)28(37)29(26(17)35)45(43,44)30-22(13-14-38-30)31(40)39(24-12-11-21(32(41)42)15-23(24)33)16-18-7-9-20(10-8-18)19-5-3-2-4-6-19;1-18-26(33)28(35)30(29(36)27(18)34)45(43,44)37-14-13-22(17-37)31(40)38(23-11-12-24(32(41)42)25(39)15-23)16-19-7-9-21(10-8-19)20-5-3-2-4-6-20;1-16-24(33)26(35)27(36)28(25(16)34)45(42,43)29-21(8-11-37-29)30(39)38(23-7-6-20(31(40)41)14-22(23)32)15-17-2-4-18(5-3-17)19-9-12-44-13-10-19/h7-12,15,19,22,30,38H,2-6,13-14,16H2,1H3,(H,41,42);7-12,15,20,22,39H,2-6,13-14,16-17H2,1H3,(H,41,42);2-7,14,19,21,29,37H,8-13,15H2,1H3,(H,40,41)/t22-,30?;22-;21-,29?/m000/s1. The van der Waals surface area contributed by atoms with Crippen LogP contribution in [0.1, 0.15) is 195 Å². The summed E-state index contributed by atoms with van der Waals surface area (Å²) in [5, 5.41) is 39.4. The fourth-order valence-corrected chi connectivity index (χ4v) is 23.8. The van der Waals surface area contributed by atoms with E-state index in [1.807, 2.05) is 48.5 Å². The molecular formula is C95H92F14N6O17S3. The number of ether oxygens (including phenoxy) is 1. The highest BCUT2D eigenvalue weighted by Gasteiger charge is 2.51. The number of nitrogens with one attached hydrogen (secondary N) is 2. The number of amides is 3. The number of rotatable bonds is 24. The highest BCUT2D eigenvalue weighted by molar-refractivity contribution is 7.92. The van der Waals surface area contributed by atoms with Gasteiger partial charge in [-0.3, -0.25) is 14.4 Å². The van der Waals surface area contributed by atoms with Gasteiger partial charge in [0.15, 0.2) is 74.7 Å². The zero-order chi connectivity index (χ0) is 97.9. The Morgan fingerprint density at radius 3 is 1.13 bits per heavy atom. The Morgan fingerprint density at radius 2 is 0.756 bits per heavy atom. The second kappa shape index (κ2) is 41.9. The number of carbonyl (C=O) groups excluding carboxylic acids is 3. The molecule has 720 valence electrons. The van der Waals surface area contributed by atoms with Gasteiger partial charge < -0.3 is 50.5 Å². The van der Waals surface area contributed by atoms with Crippen LogP contribution < -0.4 is 25.3 Å². The molecule has 2 unspecified atom stereocenters. The molecule has 0 aromatic heterocycles. The number of anilines is 3. The van der Waals surface area contributed by atoms with Crippen LogP contribution in [-0.4, -0.2) is 136 Å². The van der Waals surface area contributed by atoms with Gasteiger partial charge in [0.25, 0.3) is 0 Å². The van der Waals surface area contributed by atoms with Gasteiger partial charge in [0.1, 0.15) is 43.5 Å². The first-order valence-corrected chi connectivity index (χ1v) is 47.8. The van der Waals surface area contributed by atoms with Crippen molar-refractivity contribution in [2.75, 3.05) is 54.1 Å². The first kappa shape index (κ1) is 101. The summed E-state index contributed by atoms with van der Waals surface area (Å²) in [5.74, 6) is -36.5. The Kier molecular flexibility index (Phi) is 31.3. The van der Waals surface area contributed by atoms with Gasteiger partial charge >= 0.3 is 17.9 Å². The van der Waals surface area contributed by atoms with Crippen LogP contribution in [0.25, 0.3) is 0 Å². The molecule has 9 aromatic carbocycles. The third-order valence-corrected chi connectivity index (χ3v) is 31.8. The summed E-state index contributed by atoms with van der Waals surface area (Å²) < 4.78 is 291. The van der Waals surface area contributed by atoms with Gasteiger partial charge in [-0.15, -0.1) is 0 Å². The maximum atomic E-state index is 15.4. The quantitative estimate of drug-likeness (QED) is 0.0142. The van der Waals surface area contributed by atoms with Gasteiger partial charge in [-0.25, -0.2) is 101 Å². The number of halogens is 14. The highest BCUT2D eigenvalue weighted by atomic mass is 32.2. The van der Waals surface area contributed by atoms with Crippen molar-refractivity contribution in [2.45, 2.75) is 180 Å². The number of carbonyl (C=O) groups is 6. The molecule has 6 fully saturated rings. The average molecular weight is 1950 g/mol. The van der Waals surface area contributed by atoms with Crippen LogP contribution in [-0.2, 0) is 68.5 Å². The van der Waals surface area contributed by atoms with Crippen molar-refractivity contribution in [1.29, 1.82) is 0 Å². The van der Waals surface area contributed by atoms with Gasteiger partial charge in [0.2, 0.25) is 47.4 Å². The topological polar surface area (TPSA) is 332 Å². The number of carboxylic acid groups (broad SMARTS) is 3. The Labute approximate surface area is 767 Å². The predicted octanol–water partition coefficient (Wildman–Crippen LogP) is 17.9. The van der Waals surface area contributed by atoms with Gasteiger partial charge in [0, 0.05) is 54.7 Å². The van der Waals surface area contributed by atoms with Crippen LogP contribution >= 0.6 is 0 Å². The number of benzene rings is 9. The monoisotopic (exact) mass is 1950 g/mol. The number of nitrogens with zero attached hydrogens (tertiary/aromatic N) is 4. The average Bonchev–Trinajstić information content (AvgIpc) is 1.69. The summed E-state index contributed by atoms with van der Waals surface area (Å²) in [5.41, 5.74) is 0.292. The Morgan fingerprint density at radius 1 is 0.393 bits per heavy atom. The zero-order valence-electron chi connectivity index (χ0n) is 72.6. The molecule has 6 aliphatic rings. The molecule has 23 nitrogen and oxygen atoms in total. The van der Waals surface area contributed by atoms with Crippen molar-refractivity contribution in [1.82, 2.24) is 14.9 Å². The second-order valence-corrected chi connectivity index (χ2v) is 40.0. The summed E-state index contributed by atoms with van der Waals surface area (Å²) >= 11 is 0. The predicted molar refractivity (Wildman–Crippen MR) is 463 cm³/mol. The van der Waals surface area contributed by atoms with E-state index in [4.69, 9.17) is 4.74 Å². The summed E-state index contributed by atoms with van der Waals surface area (Å²) in [7, 11) is -15.5. The third-order valence-electron chi connectivity index (χ3n) is 25.7. The number of phenols is 1. The number of hydrogen-bond donors (Lipinski definition) is 6. The number of sulfonamides is 1. The molecule has 9 aromatic rings. The number of carboxylic acids is 3. The third kappa shape index (κ3) is 21.0. The van der Waals surface area contributed by atoms with Crippen LogP contribution in [0.4, 0.5) is 78.5 Å². The van der Waals surface area contributed by atoms with Crippen molar-refractivity contribution < 1.29 is 141 Å². The van der Waals surface area contributed by atoms with Gasteiger partial charge in [-0.2, -0.15) is 4.31 Å². The van der Waals surface area contributed by atoms with Gasteiger partial charge in [0.05, 0.1) is 59.9 Å². The minimum Gasteiger partial charge on any atom is -0.507 e. The molecule has 2 saturated carbocycles. The molecule has 2 aliphatic carbocycles. The highest BCUT2D eigenvalue weighted by Crippen LogP contribution is 2.43. The smallest absolute Gasteiger partial charge is 0.339 e. The van der Waals surface area contributed by atoms with Crippen molar-refractivity contribution in [3.05, 3.63) is 276 Å². The minimum absolute atomic E-state index is 0.0173. The largest absolute Gasteiger partial charge is 0.507 e. The SMILES string of the molecule is Cc1c(F)c(F)c(F)c(S(=O)(=O)C2NCC[C@@H]2C(=O)N(Cc2ccc(C3CCCCC3)cc2)c2ccc(C(=O)O)cc2F)c1F.Cc1c(F)c(F)c(F)c(S(=O)(=O)C2NCC[C@@H]2C(=O)N(Cc2ccc(C3CCOCC3)cc2)c2ccc(C(=O)O)cc2F)c1F.Cc1c(F)c(F)c(S(=O)(=O)N2CC[C@H](C(=O)N(Cc3ccc(C4CCCCC4)cc3)c3ccc(C(=O)O)c(O)c3)C2)c(F)c1F. The maximum Gasteiger partial charge on any atom is 0.339 e. The zero-order valence-corrected chi connectivity index (χ0v) is 75.1. The number of hydrogen-bond acceptors (Lipinski definition) is 16. The molecular weight excluding hydrogens is 1860 g/mol. The van der Waals surface area contributed by atoms with Crippen molar-refractivity contribution in [3.8, 4) is 5.75 Å². The van der Waals surface area contributed by atoms with Crippen LogP contribution in [0.5, 0.6) is 5.75 Å². The fourth-order valence-electron chi connectivity index (χ4n) is 18.1. The Balaban J connectivity index is 0.000000171. The lowest BCUT2D eigenvalue weighted by atomic mass is 9.84. The van der Waals surface area contributed by atoms with Crippen molar-refractivity contribution >= 4 is 82.4 Å². The molecule has 0 radical (unpaired) electrons. The summed E-state index contributed by atoms with van der Waals surface area (Å²) in [4.78, 5) is 74.4. The van der Waals surface area contributed by atoms with E-state index in [1.165, 1.54) is 29.4 Å². The van der Waals surface area contributed by atoms with Crippen molar-refractivity contribution in [3.63, 3.8) is 0 Å². The van der Waals surface area contributed by atoms with E-state index in [9.17, 15) is 127 Å². The summed E-state index contributed by atoms with van der Waals surface area (Å²) in [6.07, 6.45) is 12.5. The minimum atomic E-state index is -5.19. The van der Waals surface area contributed by atoms with E-state index in [0.717, 1.165) is 148 Å². The van der Waals surface area contributed by atoms with Crippen molar-refractivity contribution in [2.24, 2.45) is 17.8 Å². The molecule has 4 aliphatic heterocycles. The molecule has 0 bridgehead atoms. The van der Waals surface area contributed by atoms with Crippen LogP contribution in [0, 0.1) is 120 Å². The van der Waals surface area contributed by atoms with Crippen LogP contribution in [0.15, 0.2) is 142 Å². The van der Waals surface area contributed by atoms with Gasteiger partial charge in [-0.1, -0.05) is 111 Å². The number of sulfone groups is 2.